The summed E-state index contributed by atoms with van der Waals surface area (Å²) in [5, 5.41) is 11.8. The molecule has 1 N–H and O–H groups in total. The Balaban J connectivity index is 2.20. The van der Waals surface area contributed by atoms with Crippen LogP contribution in [-0.2, 0) is 4.79 Å². The number of nitrogens with one attached hydrogen (secondary N) is 1. The largest absolute Gasteiger partial charge is 0.493 e. The van der Waals surface area contributed by atoms with Gasteiger partial charge in [0.15, 0.2) is 11.5 Å². The average molecular weight is 309 g/mol. The number of benzene rings is 1. The third-order valence-corrected chi connectivity index (χ3v) is 3.00. The second-order valence-electron chi connectivity index (χ2n) is 4.48. The van der Waals surface area contributed by atoms with E-state index in [1.165, 1.54) is 20.3 Å². The van der Waals surface area contributed by atoms with Crippen molar-refractivity contribution in [2.24, 2.45) is 0 Å². The molecule has 0 saturated carbocycles. The number of methoxy groups -OCH3 is 2. The van der Waals surface area contributed by atoms with Crippen molar-refractivity contribution >= 4 is 17.7 Å². The van der Waals surface area contributed by atoms with E-state index < -0.39 is 5.91 Å². The summed E-state index contributed by atoms with van der Waals surface area (Å²) in [6.07, 6.45) is 4.66. The maximum absolute atomic E-state index is 12.2. The maximum atomic E-state index is 12.2. The predicted octanol–water partition coefficient (Wildman–Crippen LogP) is 2.64. The summed E-state index contributed by atoms with van der Waals surface area (Å²) in [7, 11) is 3.03. The van der Waals surface area contributed by atoms with Gasteiger partial charge in [-0.1, -0.05) is 6.07 Å². The molecule has 1 heterocycles. The molecule has 116 valence electrons. The zero-order chi connectivity index (χ0) is 16.7. The molecule has 0 fully saturated rings. The van der Waals surface area contributed by atoms with E-state index in [4.69, 9.17) is 9.47 Å². The number of pyridine rings is 1. The van der Waals surface area contributed by atoms with Gasteiger partial charge in [-0.05, 0) is 29.8 Å². The second-order valence-corrected chi connectivity index (χ2v) is 4.48. The number of nitriles is 1. The molecule has 0 aliphatic rings. The molecule has 1 aromatic heterocycles. The van der Waals surface area contributed by atoms with Crippen molar-refractivity contribution in [2.75, 3.05) is 19.5 Å². The molecular formula is C17H15N3O3. The Morgan fingerprint density at radius 3 is 2.65 bits per heavy atom. The van der Waals surface area contributed by atoms with Crippen molar-refractivity contribution in [3.63, 3.8) is 0 Å². The number of carbonyl (C=O) groups excluding carboxylic acids is 1. The molecule has 2 rings (SSSR count). The SMILES string of the molecule is COc1ccc(NC(=O)/C(C#N)=C/c2cccnc2)cc1OC. The summed E-state index contributed by atoms with van der Waals surface area (Å²) in [6.45, 7) is 0. The van der Waals surface area contributed by atoms with Crippen molar-refractivity contribution in [3.8, 4) is 17.6 Å². The summed E-state index contributed by atoms with van der Waals surface area (Å²) in [6, 6.07) is 10.3. The van der Waals surface area contributed by atoms with Crippen LogP contribution < -0.4 is 14.8 Å². The molecule has 0 unspecified atom stereocenters. The van der Waals surface area contributed by atoms with Gasteiger partial charge in [0.2, 0.25) is 0 Å². The molecule has 0 atom stereocenters. The fourth-order valence-electron chi connectivity index (χ4n) is 1.89. The monoisotopic (exact) mass is 309 g/mol. The minimum atomic E-state index is -0.511. The number of hydrogen-bond acceptors (Lipinski definition) is 5. The fraction of sp³-hybridized carbons (Fsp3) is 0.118. The first kappa shape index (κ1) is 16.0. The van der Waals surface area contributed by atoms with Crippen LogP contribution in [0.4, 0.5) is 5.69 Å². The molecule has 23 heavy (non-hydrogen) atoms. The zero-order valence-electron chi connectivity index (χ0n) is 12.7. The van der Waals surface area contributed by atoms with Crippen molar-refractivity contribution in [2.45, 2.75) is 0 Å². The molecule has 6 heteroatoms. The predicted molar refractivity (Wildman–Crippen MR) is 86.0 cm³/mol. The highest BCUT2D eigenvalue weighted by atomic mass is 16.5. The van der Waals surface area contributed by atoms with Crippen molar-refractivity contribution in [1.29, 1.82) is 5.26 Å². The molecule has 6 nitrogen and oxygen atoms in total. The van der Waals surface area contributed by atoms with Crippen LogP contribution in [0.25, 0.3) is 6.08 Å². The van der Waals surface area contributed by atoms with E-state index in [2.05, 4.69) is 10.3 Å². The lowest BCUT2D eigenvalue weighted by molar-refractivity contribution is -0.112. The maximum Gasteiger partial charge on any atom is 0.266 e. The minimum Gasteiger partial charge on any atom is -0.493 e. The van der Waals surface area contributed by atoms with Crippen LogP contribution in [0.15, 0.2) is 48.3 Å². The Morgan fingerprint density at radius 1 is 1.26 bits per heavy atom. The van der Waals surface area contributed by atoms with Gasteiger partial charge in [0.25, 0.3) is 5.91 Å². The quantitative estimate of drug-likeness (QED) is 0.678. The van der Waals surface area contributed by atoms with Crippen LogP contribution in [0.3, 0.4) is 0 Å². The molecule has 0 radical (unpaired) electrons. The number of nitrogens with zero attached hydrogens (tertiary/aromatic N) is 2. The standard InChI is InChI=1S/C17H15N3O3/c1-22-15-6-5-14(9-16(15)23-2)20-17(21)13(10-18)8-12-4-3-7-19-11-12/h3-9,11H,1-2H3,(H,20,21)/b13-8+. The van der Waals surface area contributed by atoms with E-state index in [-0.39, 0.29) is 5.57 Å². The van der Waals surface area contributed by atoms with Crippen LogP contribution >= 0.6 is 0 Å². The van der Waals surface area contributed by atoms with Gasteiger partial charge in [-0.15, -0.1) is 0 Å². The number of hydrogen-bond donors (Lipinski definition) is 1. The number of anilines is 1. The Kier molecular flexibility index (Phi) is 5.31. The molecule has 2 aromatic rings. The molecule has 1 amide bonds. The van der Waals surface area contributed by atoms with Crippen molar-refractivity contribution in [1.82, 2.24) is 4.98 Å². The van der Waals surface area contributed by atoms with E-state index in [0.717, 1.165) is 0 Å². The molecule has 0 bridgehead atoms. The molecule has 0 aliphatic carbocycles. The molecule has 0 aliphatic heterocycles. The Labute approximate surface area is 134 Å². The lowest BCUT2D eigenvalue weighted by Gasteiger charge is -2.10. The van der Waals surface area contributed by atoms with E-state index in [1.54, 1.807) is 42.7 Å². The Bertz CT molecular complexity index is 764. The Hall–Kier alpha value is -3.33. The van der Waals surface area contributed by atoms with Crippen LogP contribution in [0, 0.1) is 11.3 Å². The molecule has 0 saturated heterocycles. The van der Waals surface area contributed by atoms with Crippen LogP contribution in [0.1, 0.15) is 5.56 Å². The number of carbonyl (C=O) groups is 1. The minimum absolute atomic E-state index is 0.0206. The van der Waals surface area contributed by atoms with Gasteiger partial charge < -0.3 is 14.8 Å². The summed E-state index contributed by atoms with van der Waals surface area (Å²) < 4.78 is 10.3. The van der Waals surface area contributed by atoms with Crippen LogP contribution in [0.2, 0.25) is 0 Å². The van der Waals surface area contributed by atoms with Gasteiger partial charge in [-0.2, -0.15) is 5.26 Å². The number of amides is 1. The van der Waals surface area contributed by atoms with Crippen molar-refractivity contribution < 1.29 is 14.3 Å². The first-order valence-electron chi connectivity index (χ1n) is 6.73. The highest BCUT2D eigenvalue weighted by molar-refractivity contribution is 6.09. The number of aromatic nitrogens is 1. The van der Waals surface area contributed by atoms with Crippen molar-refractivity contribution in [3.05, 3.63) is 53.9 Å². The lowest BCUT2D eigenvalue weighted by Crippen LogP contribution is -2.13. The van der Waals surface area contributed by atoms with E-state index in [0.29, 0.717) is 22.7 Å². The second kappa shape index (κ2) is 7.61. The normalized spacial score (nSPS) is 10.6. The zero-order valence-corrected chi connectivity index (χ0v) is 12.7. The summed E-state index contributed by atoms with van der Waals surface area (Å²) in [4.78, 5) is 16.1. The van der Waals surface area contributed by atoms with Gasteiger partial charge in [0.1, 0.15) is 11.6 Å². The van der Waals surface area contributed by atoms with Gasteiger partial charge >= 0.3 is 0 Å². The average Bonchev–Trinajstić information content (AvgIpc) is 2.60. The number of ether oxygens (including phenoxy) is 2. The number of rotatable bonds is 5. The third kappa shape index (κ3) is 4.08. The third-order valence-electron chi connectivity index (χ3n) is 3.00. The van der Waals surface area contributed by atoms with E-state index in [9.17, 15) is 10.1 Å². The van der Waals surface area contributed by atoms with Gasteiger partial charge in [0, 0.05) is 24.1 Å². The smallest absolute Gasteiger partial charge is 0.266 e. The lowest BCUT2D eigenvalue weighted by atomic mass is 10.1. The molecular weight excluding hydrogens is 294 g/mol. The van der Waals surface area contributed by atoms with E-state index in [1.807, 2.05) is 6.07 Å². The summed E-state index contributed by atoms with van der Waals surface area (Å²) >= 11 is 0. The van der Waals surface area contributed by atoms with Gasteiger partial charge in [-0.3, -0.25) is 9.78 Å². The van der Waals surface area contributed by atoms with Crippen LogP contribution in [0.5, 0.6) is 11.5 Å². The fourth-order valence-corrected chi connectivity index (χ4v) is 1.89. The van der Waals surface area contributed by atoms with Gasteiger partial charge in [-0.25, -0.2) is 0 Å². The summed E-state index contributed by atoms with van der Waals surface area (Å²) in [5.41, 5.74) is 1.15. The first-order valence-corrected chi connectivity index (χ1v) is 6.73. The van der Waals surface area contributed by atoms with E-state index >= 15 is 0 Å². The van der Waals surface area contributed by atoms with Crippen LogP contribution in [-0.4, -0.2) is 25.1 Å². The highest BCUT2D eigenvalue weighted by Gasteiger charge is 2.11. The molecule has 1 aromatic carbocycles. The Morgan fingerprint density at radius 2 is 2.04 bits per heavy atom. The van der Waals surface area contributed by atoms with Gasteiger partial charge in [0.05, 0.1) is 14.2 Å². The highest BCUT2D eigenvalue weighted by Crippen LogP contribution is 2.29. The summed E-state index contributed by atoms with van der Waals surface area (Å²) in [5.74, 6) is 0.528. The molecule has 0 spiro atoms. The first-order chi connectivity index (χ1) is 11.2. The topological polar surface area (TPSA) is 84.2 Å².